The molecule has 11 heteroatoms. The normalized spacial score (nSPS) is 35.0. The van der Waals surface area contributed by atoms with Crippen LogP contribution in [0.1, 0.15) is 41.5 Å². The lowest BCUT2D eigenvalue weighted by atomic mass is 9.71. The highest BCUT2D eigenvalue weighted by molar-refractivity contribution is 5.82. The van der Waals surface area contributed by atoms with Crippen molar-refractivity contribution in [2.75, 3.05) is 26.3 Å². The lowest BCUT2D eigenvalue weighted by Gasteiger charge is -2.38. The van der Waals surface area contributed by atoms with E-state index in [1.165, 1.54) is 0 Å². The second-order valence-electron chi connectivity index (χ2n) is 12.2. The Bertz CT molecular complexity index is 1520. The largest absolute Gasteiger partial charge is 0.396 e. The smallest absolute Gasteiger partial charge is 0.147 e. The van der Waals surface area contributed by atoms with Gasteiger partial charge >= 0.3 is 0 Å². The average molecular weight is 622 g/mol. The van der Waals surface area contributed by atoms with Crippen molar-refractivity contribution in [3.05, 3.63) is 58.7 Å². The van der Waals surface area contributed by atoms with Crippen molar-refractivity contribution in [2.24, 2.45) is 0 Å². The maximum Gasteiger partial charge on any atom is 0.147 e. The lowest BCUT2D eigenvalue weighted by Crippen LogP contribution is -2.58. The number of hydrogen-bond acceptors (Lipinski definition) is 11. The third kappa shape index (κ3) is 5.80. The fourth-order valence-corrected chi connectivity index (χ4v) is 7.01. The molecule has 0 aromatic heterocycles. The molecule has 0 unspecified atom stereocenters. The Morgan fingerprint density at radius 1 is 0.667 bits per heavy atom. The molecular weight excluding hydrogens is 582 g/mol. The summed E-state index contributed by atoms with van der Waals surface area (Å²) in [6, 6.07) is 11.9. The Kier molecular flexibility index (Phi) is 9.33. The van der Waals surface area contributed by atoms with Crippen LogP contribution in [0, 0.1) is 23.7 Å². The van der Waals surface area contributed by atoms with Gasteiger partial charge in [-0.3, -0.25) is 0 Å². The van der Waals surface area contributed by atoms with Gasteiger partial charge in [-0.05, 0) is 78.9 Å². The van der Waals surface area contributed by atoms with E-state index >= 15 is 0 Å². The van der Waals surface area contributed by atoms with Crippen LogP contribution in [-0.4, -0.2) is 128 Å². The van der Waals surface area contributed by atoms with Crippen LogP contribution in [0.5, 0.6) is 0 Å². The van der Waals surface area contributed by atoms with Gasteiger partial charge in [0.15, 0.2) is 0 Å². The van der Waals surface area contributed by atoms with Crippen molar-refractivity contribution in [3.63, 3.8) is 0 Å². The van der Waals surface area contributed by atoms with Crippen LogP contribution in [-0.2, 0) is 14.9 Å². The average Bonchev–Trinajstić information content (AvgIpc) is 3.31. The highest BCUT2D eigenvalue weighted by Crippen LogP contribution is 2.53. The van der Waals surface area contributed by atoms with Crippen molar-refractivity contribution < 1.29 is 50.3 Å². The predicted molar refractivity (Wildman–Crippen MR) is 161 cm³/mol. The number of ether oxygens (including phenoxy) is 2. The molecule has 1 aliphatic carbocycles. The number of benzene rings is 2. The van der Waals surface area contributed by atoms with Crippen LogP contribution in [0.25, 0.3) is 11.1 Å². The molecule has 4 aliphatic rings. The van der Waals surface area contributed by atoms with Gasteiger partial charge in [-0.25, -0.2) is 0 Å². The molecule has 0 amide bonds. The zero-order chi connectivity index (χ0) is 31.9. The number of rotatable bonds is 3. The monoisotopic (exact) mass is 621 g/mol. The van der Waals surface area contributed by atoms with Gasteiger partial charge in [0.1, 0.15) is 54.9 Å². The van der Waals surface area contributed by atoms with Crippen LogP contribution in [0.15, 0.2) is 36.4 Å². The zero-order valence-corrected chi connectivity index (χ0v) is 24.6. The number of fused-ring (bicyclic) bond motifs is 5. The summed E-state index contributed by atoms with van der Waals surface area (Å²) in [7, 11) is 0. The summed E-state index contributed by atoms with van der Waals surface area (Å²) >= 11 is 0. The first-order valence-electron chi connectivity index (χ1n) is 15.3. The summed E-state index contributed by atoms with van der Waals surface area (Å²) in [5.41, 5.74) is 5.52. The van der Waals surface area contributed by atoms with E-state index in [0.29, 0.717) is 11.1 Å². The molecule has 1 spiro atoms. The molecule has 2 aromatic rings. The number of piperidine rings is 1. The van der Waals surface area contributed by atoms with Crippen molar-refractivity contribution in [3.8, 4) is 34.8 Å². The van der Waals surface area contributed by atoms with E-state index in [1.54, 1.807) is 0 Å². The van der Waals surface area contributed by atoms with Gasteiger partial charge in [-0.15, -0.1) is 0 Å². The Morgan fingerprint density at radius 3 is 1.64 bits per heavy atom. The predicted octanol–water partition coefficient (Wildman–Crippen LogP) is -1.89. The maximum absolute atomic E-state index is 10.5. The second kappa shape index (κ2) is 13.1. The van der Waals surface area contributed by atoms with Crippen LogP contribution in [0.2, 0.25) is 0 Å². The quantitative estimate of drug-likeness (QED) is 0.174. The van der Waals surface area contributed by atoms with Gasteiger partial charge in [-0.1, -0.05) is 35.8 Å². The van der Waals surface area contributed by atoms with Crippen LogP contribution in [0.4, 0.5) is 0 Å². The highest BCUT2D eigenvalue weighted by Gasteiger charge is 2.45. The van der Waals surface area contributed by atoms with E-state index in [4.69, 9.17) is 9.47 Å². The third-order valence-corrected chi connectivity index (χ3v) is 9.55. The first-order valence-corrected chi connectivity index (χ1v) is 15.3. The summed E-state index contributed by atoms with van der Waals surface area (Å²) in [5.74, 6) is 11.9. The van der Waals surface area contributed by atoms with Gasteiger partial charge in [-0.2, -0.15) is 0 Å². The van der Waals surface area contributed by atoms with Gasteiger partial charge in [0, 0.05) is 23.1 Å². The van der Waals surface area contributed by atoms with Crippen LogP contribution < -0.4 is 5.32 Å². The Hall–Kier alpha value is -2.88. The molecule has 3 saturated heterocycles. The van der Waals surface area contributed by atoms with E-state index in [-0.39, 0.29) is 18.4 Å². The summed E-state index contributed by atoms with van der Waals surface area (Å²) in [4.78, 5) is 0. The molecule has 11 nitrogen and oxygen atoms in total. The van der Waals surface area contributed by atoms with Gasteiger partial charge in [0.2, 0.25) is 0 Å². The summed E-state index contributed by atoms with van der Waals surface area (Å²) in [5, 5.41) is 83.8. The fraction of sp³-hybridized carbons (Fsp3) is 0.529. The number of aliphatic hydroxyl groups is 8. The summed E-state index contributed by atoms with van der Waals surface area (Å²) < 4.78 is 11.3. The van der Waals surface area contributed by atoms with Gasteiger partial charge in [0.25, 0.3) is 0 Å². The molecule has 45 heavy (non-hydrogen) atoms. The Morgan fingerprint density at radius 2 is 1.16 bits per heavy atom. The minimum absolute atomic E-state index is 0.103. The van der Waals surface area contributed by atoms with Crippen molar-refractivity contribution >= 4 is 0 Å². The van der Waals surface area contributed by atoms with E-state index in [0.717, 1.165) is 48.2 Å². The van der Waals surface area contributed by atoms with Crippen molar-refractivity contribution in [1.29, 1.82) is 0 Å². The number of aliphatic hydroxyl groups excluding tert-OH is 8. The maximum atomic E-state index is 10.5. The molecule has 2 aromatic carbocycles. The molecule has 3 fully saturated rings. The van der Waals surface area contributed by atoms with E-state index < -0.39 is 67.6 Å². The molecule has 0 bridgehead atoms. The minimum Gasteiger partial charge on any atom is -0.396 e. The number of nitrogens with one attached hydrogen (secondary N) is 1. The molecule has 3 aliphatic heterocycles. The summed E-state index contributed by atoms with van der Waals surface area (Å²) in [6.45, 7) is 0.856. The highest BCUT2D eigenvalue weighted by atomic mass is 16.5. The SMILES string of the molecule is OCC[C@H]1O[C@H](C#Cc2ccc3c(c2)C2(CCNCC2)c2cc(C#C[C@H]4O[C@H](CO)[C@@H](O)[C@H](O)[C@@H]4O)ccc2-3)[C@@H](O)[C@@H](O)[C@@H]1O. The van der Waals surface area contributed by atoms with Crippen molar-refractivity contribution in [1.82, 2.24) is 5.32 Å². The molecule has 9 N–H and O–H groups in total. The van der Waals surface area contributed by atoms with E-state index in [1.807, 2.05) is 30.3 Å². The number of hydrogen-bond donors (Lipinski definition) is 9. The Labute approximate surface area is 261 Å². The lowest BCUT2D eigenvalue weighted by molar-refractivity contribution is -0.214. The molecule has 0 saturated carbocycles. The first-order chi connectivity index (χ1) is 21.7. The molecule has 10 atom stereocenters. The molecule has 6 rings (SSSR count). The molecular formula is C34H39NO10. The summed E-state index contributed by atoms with van der Waals surface area (Å²) in [6.07, 6.45) is -10.8. The fourth-order valence-electron chi connectivity index (χ4n) is 7.01. The second-order valence-corrected chi connectivity index (χ2v) is 12.2. The zero-order valence-electron chi connectivity index (χ0n) is 24.6. The van der Waals surface area contributed by atoms with Crippen LogP contribution >= 0.6 is 0 Å². The molecule has 3 heterocycles. The third-order valence-electron chi connectivity index (χ3n) is 9.55. The standard InChI is InChI=1S/C34H39NO10/c36-14-9-26-30(40)32(42)28(38)24(44-26)7-3-18-1-5-20-21-6-2-19(4-8-25-29(39)33(43)31(41)27(17-37)45-25)16-23(21)34(22(20)15-18)10-12-35-13-11-34/h1-2,5-6,15-16,24-33,35-43H,9-14,17H2/t24-,25-,26-,27-,28-,29-,30-,31-,32-,33-/m1/s1. The van der Waals surface area contributed by atoms with E-state index in [9.17, 15) is 40.9 Å². The molecule has 240 valence electrons. The minimum atomic E-state index is -1.49. The van der Waals surface area contributed by atoms with Gasteiger partial charge < -0.3 is 55.6 Å². The topological polar surface area (TPSA) is 192 Å². The van der Waals surface area contributed by atoms with Gasteiger partial charge in [0.05, 0.1) is 12.7 Å². The van der Waals surface area contributed by atoms with Crippen molar-refractivity contribution in [2.45, 2.75) is 85.7 Å². The van der Waals surface area contributed by atoms with E-state index in [2.05, 4.69) is 35.1 Å². The Balaban J connectivity index is 1.30. The first kappa shape index (κ1) is 32.1. The molecule has 0 radical (unpaired) electrons. The van der Waals surface area contributed by atoms with Crippen LogP contribution in [0.3, 0.4) is 0 Å².